The average Bonchev–Trinajstić information content (AvgIpc) is 1.88. The first kappa shape index (κ1) is 7.32. The van der Waals surface area contributed by atoms with Gasteiger partial charge in [-0.25, -0.2) is 0 Å². The summed E-state index contributed by atoms with van der Waals surface area (Å²) >= 11 is 0. The maximum absolute atomic E-state index is 4.11. The minimum Gasteiger partial charge on any atom is -0.265 e. The van der Waals surface area contributed by atoms with Crippen molar-refractivity contribution >= 4 is 12.2 Å². The molecule has 0 aromatic carbocycles. The molecule has 1 nitrogen and oxygen atoms in total. The largest absolute Gasteiger partial charge is 0.265 e. The van der Waals surface area contributed by atoms with E-state index in [4.69, 9.17) is 0 Å². The van der Waals surface area contributed by atoms with E-state index in [1.807, 2.05) is 12.4 Å². The maximum Gasteiger partial charge on any atom is 0.171 e. The molecule has 1 aromatic rings. The van der Waals surface area contributed by atoms with Gasteiger partial charge in [0, 0.05) is 12.4 Å². The van der Waals surface area contributed by atoms with Crippen LogP contribution in [-0.4, -0.2) is 11.7 Å². The van der Waals surface area contributed by atoms with Gasteiger partial charge in [0.15, 0.2) is 6.71 Å². The van der Waals surface area contributed by atoms with Crippen molar-refractivity contribution in [1.29, 1.82) is 0 Å². The third-order valence-corrected chi connectivity index (χ3v) is 1.56. The summed E-state index contributed by atoms with van der Waals surface area (Å²) in [5.74, 6) is 0. The summed E-state index contributed by atoms with van der Waals surface area (Å²) in [6, 6.07) is 2.18. The molecule has 1 heterocycles. The third kappa shape index (κ3) is 1.60. The van der Waals surface area contributed by atoms with Gasteiger partial charge in [0.05, 0.1) is 0 Å². The molecule has 0 saturated heterocycles. The van der Waals surface area contributed by atoms with Crippen LogP contribution in [-0.2, 0) is 0 Å². The standard InChI is InChI=1S/C8H12BN/c1-7-4-8(9(2)3)6-10-5-7/h4-6H,1-3H3. The number of aromatic nitrogens is 1. The summed E-state index contributed by atoms with van der Waals surface area (Å²) in [5.41, 5.74) is 2.56. The Morgan fingerprint density at radius 3 is 2.40 bits per heavy atom. The Morgan fingerprint density at radius 2 is 2.00 bits per heavy atom. The molecular formula is C8H12BN. The van der Waals surface area contributed by atoms with Gasteiger partial charge < -0.3 is 0 Å². The Hall–Kier alpha value is -0.785. The normalized spacial score (nSPS) is 9.50. The zero-order valence-corrected chi connectivity index (χ0v) is 6.76. The fraction of sp³-hybridized carbons (Fsp3) is 0.375. The molecule has 0 fully saturated rings. The van der Waals surface area contributed by atoms with E-state index in [-0.39, 0.29) is 0 Å². The molecule has 0 atom stereocenters. The second-order valence-corrected chi connectivity index (χ2v) is 2.95. The molecule has 0 spiro atoms. The predicted octanol–water partition coefficient (Wildman–Crippen LogP) is 1.35. The molecule has 0 aliphatic heterocycles. The van der Waals surface area contributed by atoms with Crippen molar-refractivity contribution < 1.29 is 0 Å². The Balaban J connectivity index is 2.96. The van der Waals surface area contributed by atoms with Crippen molar-refractivity contribution in [2.45, 2.75) is 20.6 Å². The highest BCUT2D eigenvalue weighted by molar-refractivity contribution is 6.70. The molecule has 0 amide bonds. The molecule has 0 aliphatic carbocycles. The molecule has 2 heteroatoms. The van der Waals surface area contributed by atoms with Crippen LogP contribution in [0.3, 0.4) is 0 Å². The number of hydrogen-bond acceptors (Lipinski definition) is 1. The maximum atomic E-state index is 4.11. The average molecular weight is 133 g/mol. The molecule has 52 valence electrons. The lowest BCUT2D eigenvalue weighted by molar-refractivity contribution is 1.28. The quantitative estimate of drug-likeness (QED) is 0.527. The van der Waals surface area contributed by atoms with E-state index < -0.39 is 0 Å². The van der Waals surface area contributed by atoms with Crippen LogP contribution in [0.2, 0.25) is 13.6 Å². The van der Waals surface area contributed by atoms with E-state index in [0.29, 0.717) is 6.71 Å². The van der Waals surface area contributed by atoms with Crippen molar-refractivity contribution in [3.05, 3.63) is 24.0 Å². The molecule has 0 N–H and O–H groups in total. The summed E-state index contributed by atoms with van der Waals surface area (Å²) in [5, 5.41) is 0. The second-order valence-electron chi connectivity index (χ2n) is 2.95. The van der Waals surface area contributed by atoms with Gasteiger partial charge in [-0.3, -0.25) is 4.98 Å². The van der Waals surface area contributed by atoms with Gasteiger partial charge >= 0.3 is 0 Å². The summed E-state index contributed by atoms with van der Waals surface area (Å²) in [6.07, 6.45) is 3.81. The summed E-state index contributed by atoms with van der Waals surface area (Å²) < 4.78 is 0. The Bertz CT molecular complexity index is 220. The molecule has 0 saturated carbocycles. The number of pyridine rings is 1. The summed E-state index contributed by atoms with van der Waals surface area (Å²) in [4.78, 5) is 4.11. The first-order valence-electron chi connectivity index (χ1n) is 3.61. The van der Waals surface area contributed by atoms with E-state index in [1.165, 1.54) is 11.0 Å². The van der Waals surface area contributed by atoms with Gasteiger partial charge in [-0.1, -0.05) is 25.2 Å². The van der Waals surface area contributed by atoms with Gasteiger partial charge in [-0.2, -0.15) is 0 Å². The first-order valence-corrected chi connectivity index (χ1v) is 3.61. The molecular weight excluding hydrogens is 121 g/mol. The summed E-state index contributed by atoms with van der Waals surface area (Å²) in [7, 11) is 0. The summed E-state index contributed by atoms with van der Waals surface area (Å²) in [6.45, 7) is 7.01. The molecule has 10 heavy (non-hydrogen) atoms. The minimum atomic E-state index is 0.590. The monoisotopic (exact) mass is 133 g/mol. The Kier molecular flexibility index (Phi) is 2.10. The van der Waals surface area contributed by atoms with Gasteiger partial charge in [-0.05, 0) is 12.5 Å². The first-order chi connectivity index (χ1) is 4.70. The van der Waals surface area contributed by atoms with E-state index in [0.717, 1.165) is 0 Å². The van der Waals surface area contributed by atoms with Gasteiger partial charge in [0.25, 0.3) is 0 Å². The minimum absolute atomic E-state index is 0.590. The third-order valence-electron chi connectivity index (χ3n) is 1.56. The lowest BCUT2D eigenvalue weighted by atomic mass is 9.50. The zero-order chi connectivity index (χ0) is 7.56. The van der Waals surface area contributed by atoms with E-state index >= 15 is 0 Å². The van der Waals surface area contributed by atoms with Gasteiger partial charge in [0.1, 0.15) is 0 Å². The Labute approximate surface area is 62.6 Å². The lowest BCUT2D eigenvalue weighted by Gasteiger charge is -2.00. The van der Waals surface area contributed by atoms with Crippen LogP contribution < -0.4 is 5.46 Å². The molecule has 0 unspecified atom stereocenters. The van der Waals surface area contributed by atoms with Crippen LogP contribution in [0.25, 0.3) is 0 Å². The van der Waals surface area contributed by atoms with E-state index in [9.17, 15) is 0 Å². The number of aryl methyl sites for hydroxylation is 1. The number of nitrogens with zero attached hydrogens (tertiary/aromatic N) is 1. The Morgan fingerprint density at radius 1 is 1.30 bits per heavy atom. The van der Waals surface area contributed by atoms with E-state index in [2.05, 4.69) is 31.6 Å². The molecule has 0 aliphatic rings. The topological polar surface area (TPSA) is 12.9 Å². The van der Waals surface area contributed by atoms with Crippen molar-refractivity contribution in [3.63, 3.8) is 0 Å². The fourth-order valence-corrected chi connectivity index (χ4v) is 0.894. The highest BCUT2D eigenvalue weighted by Gasteiger charge is 2.01. The second kappa shape index (κ2) is 2.87. The smallest absolute Gasteiger partial charge is 0.171 e. The van der Waals surface area contributed by atoms with Crippen molar-refractivity contribution in [1.82, 2.24) is 4.98 Å². The van der Waals surface area contributed by atoms with Gasteiger partial charge in [-0.15, -0.1) is 0 Å². The molecule has 0 bridgehead atoms. The van der Waals surface area contributed by atoms with Crippen LogP contribution >= 0.6 is 0 Å². The van der Waals surface area contributed by atoms with Crippen LogP contribution in [0.4, 0.5) is 0 Å². The van der Waals surface area contributed by atoms with Crippen LogP contribution in [0.15, 0.2) is 18.5 Å². The zero-order valence-electron chi connectivity index (χ0n) is 6.76. The van der Waals surface area contributed by atoms with E-state index in [1.54, 1.807) is 0 Å². The number of hydrogen-bond donors (Lipinski definition) is 0. The highest BCUT2D eigenvalue weighted by Crippen LogP contribution is 1.91. The van der Waals surface area contributed by atoms with Crippen molar-refractivity contribution in [3.8, 4) is 0 Å². The van der Waals surface area contributed by atoms with Crippen LogP contribution in [0.5, 0.6) is 0 Å². The fourth-order valence-electron chi connectivity index (χ4n) is 0.894. The number of rotatable bonds is 1. The van der Waals surface area contributed by atoms with Crippen molar-refractivity contribution in [2.75, 3.05) is 0 Å². The lowest BCUT2D eigenvalue weighted by Crippen LogP contribution is -2.22. The SMILES string of the molecule is CB(C)c1cncc(C)c1. The predicted molar refractivity (Wildman–Crippen MR) is 46.1 cm³/mol. The van der Waals surface area contributed by atoms with Crippen molar-refractivity contribution in [2.24, 2.45) is 0 Å². The van der Waals surface area contributed by atoms with Gasteiger partial charge in [0.2, 0.25) is 0 Å². The van der Waals surface area contributed by atoms with Crippen LogP contribution in [0.1, 0.15) is 5.56 Å². The molecule has 0 radical (unpaired) electrons. The molecule has 1 rings (SSSR count). The molecule has 1 aromatic heterocycles. The van der Waals surface area contributed by atoms with Crippen LogP contribution in [0, 0.1) is 6.92 Å². The highest BCUT2D eigenvalue weighted by atomic mass is 14.6.